The molecule has 2 fully saturated rings. The summed E-state index contributed by atoms with van der Waals surface area (Å²) in [6, 6.07) is 6.10. The zero-order valence-electron chi connectivity index (χ0n) is 12.7. The number of benzene rings is 1. The van der Waals surface area contributed by atoms with Crippen molar-refractivity contribution in [2.75, 3.05) is 26.2 Å². The van der Waals surface area contributed by atoms with Gasteiger partial charge < -0.3 is 9.80 Å². The third kappa shape index (κ3) is 3.76. The van der Waals surface area contributed by atoms with Crippen LogP contribution in [-0.2, 0) is 11.2 Å². The van der Waals surface area contributed by atoms with Crippen LogP contribution in [0.4, 0.5) is 0 Å². The van der Waals surface area contributed by atoms with E-state index in [1.54, 1.807) is 12.1 Å². The smallest absolute Gasteiger partial charge is 0.226 e. The van der Waals surface area contributed by atoms with Crippen LogP contribution in [0.2, 0.25) is 10.0 Å². The largest absolute Gasteiger partial charge is 0.342 e. The first-order valence-corrected chi connectivity index (χ1v) is 8.85. The van der Waals surface area contributed by atoms with Crippen molar-refractivity contribution in [1.29, 1.82) is 0 Å². The molecule has 2 heterocycles. The highest BCUT2D eigenvalue weighted by molar-refractivity contribution is 6.42. The lowest BCUT2D eigenvalue weighted by molar-refractivity contribution is -0.132. The molecule has 0 unspecified atom stereocenters. The van der Waals surface area contributed by atoms with Crippen LogP contribution < -0.4 is 0 Å². The second kappa shape index (κ2) is 7.20. The summed E-state index contributed by atoms with van der Waals surface area (Å²) >= 11 is 11.9. The highest BCUT2D eigenvalue weighted by Crippen LogP contribution is 2.24. The summed E-state index contributed by atoms with van der Waals surface area (Å²) in [7, 11) is 0. The zero-order chi connectivity index (χ0) is 15.5. The average molecular weight is 341 g/mol. The van der Waals surface area contributed by atoms with E-state index in [-0.39, 0.29) is 5.91 Å². The molecule has 120 valence electrons. The number of halogens is 2. The standard InChI is InChI=1S/C17H22Cl2N2O/c18-15-4-3-13(11-16(15)19)12-17(22)21-9-5-14(6-10-21)20-7-1-2-8-20/h3-4,11,14H,1-2,5-10,12H2. The Morgan fingerprint density at radius 1 is 1.05 bits per heavy atom. The summed E-state index contributed by atoms with van der Waals surface area (Å²) in [5.74, 6) is 0.193. The van der Waals surface area contributed by atoms with Gasteiger partial charge in [-0.05, 0) is 56.5 Å². The number of carbonyl (C=O) groups is 1. The van der Waals surface area contributed by atoms with E-state index in [9.17, 15) is 4.79 Å². The lowest BCUT2D eigenvalue weighted by Gasteiger charge is -2.36. The fourth-order valence-corrected chi connectivity index (χ4v) is 3.84. The van der Waals surface area contributed by atoms with Crippen molar-refractivity contribution in [3.05, 3.63) is 33.8 Å². The molecule has 0 aromatic heterocycles. The normalized spacial score (nSPS) is 20.5. The van der Waals surface area contributed by atoms with Crippen molar-refractivity contribution in [2.45, 2.75) is 38.1 Å². The van der Waals surface area contributed by atoms with Crippen LogP contribution in [0, 0.1) is 0 Å². The van der Waals surface area contributed by atoms with E-state index in [4.69, 9.17) is 23.2 Å². The van der Waals surface area contributed by atoms with Gasteiger partial charge in [0.05, 0.1) is 16.5 Å². The minimum atomic E-state index is 0.193. The Hall–Kier alpha value is -0.770. The molecule has 0 aliphatic carbocycles. The summed E-state index contributed by atoms with van der Waals surface area (Å²) in [5.41, 5.74) is 0.932. The molecule has 2 aliphatic heterocycles. The molecule has 0 radical (unpaired) electrons. The van der Waals surface area contributed by atoms with E-state index >= 15 is 0 Å². The van der Waals surface area contributed by atoms with E-state index < -0.39 is 0 Å². The molecule has 0 spiro atoms. The van der Waals surface area contributed by atoms with E-state index in [2.05, 4.69) is 4.90 Å². The van der Waals surface area contributed by atoms with E-state index in [1.165, 1.54) is 25.9 Å². The molecule has 0 atom stereocenters. The first-order chi connectivity index (χ1) is 10.6. The molecular weight excluding hydrogens is 319 g/mol. The molecule has 22 heavy (non-hydrogen) atoms. The fourth-order valence-electron chi connectivity index (χ4n) is 3.52. The predicted molar refractivity (Wildman–Crippen MR) is 90.6 cm³/mol. The van der Waals surface area contributed by atoms with Gasteiger partial charge in [0.2, 0.25) is 5.91 Å². The maximum Gasteiger partial charge on any atom is 0.226 e. The highest BCUT2D eigenvalue weighted by atomic mass is 35.5. The molecular formula is C17H22Cl2N2O. The molecule has 1 aromatic rings. The van der Waals surface area contributed by atoms with Gasteiger partial charge in [-0.25, -0.2) is 0 Å². The van der Waals surface area contributed by atoms with Crippen molar-refractivity contribution >= 4 is 29.1 Å². The van der Waals surface area contributed by atoms with Gasteiger partial charge in [-0.15, -0.1) is 0 Å². The van der Waals surface area contributed by atoms with Crippen molar-refractivity contribution in [3.63, 3.8) is 0 Å². The summed E-state index contributed by atoms with van der Waals surface area (Å²) in [5, 5.41) is 1.05. The second-order valence-corrected chi connectivity index (χ2v) is 7.09. The molecule has 5 heteroatoms. The van der Waals surface area contributed by atoms with Gasteiger partial charge >= 0.3 is 0 Å². The monoisotopic (exact) mass is 340 g/mol. The van der Waals surface area contributed by atoms with Crippen molar-refractivity contribution in [2.24, 2.45) is 0 Å². The Morgan fingerprint density at radius 2 is 1.73 bits per heavy atom. The third-order valence-corrected chi connectivity index (χ3v) is 5.55. The van der Waals surface area contributed by atoms with Crippen LogP contribution in [0.15, 0.2) is 18.2 Å². The summed E-state index contributed by atoms with van der Waals surface area (Å²) in [6.07, 6.45) is 5.28. The maximum absolute atomic E-state index is 12.4. The first kappa shape index (κ1) is 16.1. The molecule has 3 rings (SSSR count). The summed E-state index contributed by atoms with van der Waals surface area (Å²) in [4.78, 5) is 17.0. The van der Waals surface area contributed by atoms with Crippen molar-refractivity contribution < 1.29 is 4.79 Å². The second-order valence-electron chi connectivity index (χ2n) is 6.28. The van der Waals surface area contributed by atoms with Gasteiger partial charge in [0.25, 0.3) is 0 Å². The van der Waals surface area contributed by atoms with Crippen LogP contribution in [-0.4, -0.2) is 47.9 Å². The number of hydrogen-bond acceptors (Lipinski definition) is 2. The highest BCUT2D eigenvalue weighted by Gasteiger charge is 2.28. The van der Waals surface area contributed by atoms with Gasteiger partial charge in [-0.2, -0.15) is 0 Å². The lowest BCUT2D eigenvalue weighted by Crippen LogP contribution is -2.46. The Kier molecular flexibility index (Phi) is 5.27. The maximum atomic E-state index is 12.4. The quantitative estimate of drug-likeness (QED) is 0.838. The molecule has 2 saturated heterocycles. The first-order valence-electron chi connectivity index (χ1n) is 8.09. The molecule has 1 aromatic carbocycles. The Labute approximate surface area is 142 Å². The number of amides is 1. The van der Waals surface area contributed by atoms with Crippen molar-refractivity contribution in [1.82, 2.24) is 9.80 Å². The van der Waals surface area contributed by atoms with Gasteiger partial charge in [0, 0.05) is 19.1 Å². The van der Waals surface area contributed by atoms with Gasteiger partial charge in [-0.3, -0.25) is 4.79 Å². The van der Waals surface area contributed by atoms with Crippen molar-refractivity contribution in [3.8, 4) is 0 Å². The molecule has 0 bridgehead atoms. The fraction of sp³-hybridized carbons (Fsp3) is 0.588. The van der Waals surface area contributed by atoms with Gasteiger partial charge in [0.1, 0.15) is 0 Å². The van der Waals surface area contributed by atoms with E-state index in [1.807, 2.05) is 11.0 Å². The zero-order valence-corrected chi connectivity index (χ0v) is 14.2. The molecule has 1 amide bonds. The molecule has 2 aliphatic rings. The van der Waals surface area contributed by atoms with E-state index in [0.29, 0.717) is 22.5 Å². The summed E-state index contributed by atoms with van der Waals surface area (Å²) < 4.78 is 0. The molecule has 3 nitrogen and oxygen atoms in total. The minimum absolute atomic E-state index is 0.193. The molecule has 0 N–H and O–H groups in total. The van der Waals surface area contributed by atoms with Crippen LogP contribution in [0.3, 0.4) is 0 Å². The predicted octanol–water partition coefficient (Wildman–Crippen LogP) is 3.62. The average Bonchev–Trinajstić information content (AvgIpc) is 3.05. The van der Waals surface area contributed by atoms with Crippen LogP contribution in [0.25, 0.3) is 0 Å². The third-order valence-electron chi connectivity index (χ3n) is 4.81. The van der Waals surface area contributed by atoms with Gasteiger partial charge in [0.15, 0.2) is 0 Å². The Balaban J connectivity index is 1.52. The van der Waals surface area contributed by atoms with Gasteiger partial charge in [-0.1, -0.05) is 29.3 Å². The SMILES string of the molecule is O=C(Cc1ccc(Cl)c(Cl)c1)N1CCC(N2CCCC2)CC1. The lowest BCUT2D eigenvalue weighted by atomic mass is 10.0. The number of carbonyl (C=O) groups excluding carboxylic acids is 1. The Morgan fingerprint density at radius 3 is 2.36 bits per heavy atom. The number of rotatable bonds is 3. The minimum Gasteiger partial charge on any atom is -0.342 e. The van der Waals surface area contributed by atoms with Crippen LogP contribution in [0.5, 0.6) is 0 Å². The molecule has 0 saturated carbocycles. The number of hydrogen-bond donors (Lipinski definition) is 0. The van der Waals surface area contributed by atoms with E-state index in [0.717, 1.165) is 31.5 Å². The number of likely N-dealkylation sites (tertiary alicyclic amines) is 2. The topological polar surface area (TPSA) is 23.6 Å². The number of piperidine rings is 1. The van der Waals surface area contributed by atoms with Crippen LogP contribution >= 0.6 is 23.2 Å². The summed E-state index contributed by atoms with van der Waals surface area (Å²) in [6.45, 7) is 4.23. The number of nitrogens with zero attached hydrogens (tertiary/aromatic N) is 2. The van der Waals surface area contributed by atoms with Crippen LogP contribution in [0.1, 0.15) is 31.2 Å². The Bertz CT molecular complexity index is 535.